The quantitative estimate of drug-likeness (QED) is 0.131. The fourth-order valence-corrected chi connectivity index (χ4v) is 6.16. The van der Waals surface area contributed by atoms with Gasteiger partial charge in [0, 0.05) is 72.6 Å². The number of piperidine rings is 1. The third-order valence-corrected chi connectivity index (χ3v) is 8.80. The molecule has 6 rings (SSSR count). The molecule has 0 saturated carbocycles. The first kappa shape index (κ1) is 37.5. The second-order valence-corrected chi connectivity index (χ2v) is 12.3. The standard InChI is InChI=1S/C19H19F3N2O2.C19H21N3O4/c1-26-15-6-4-5-14(12-15)23-18(25)13-7-8-17(24-9-2-3-10-24)16(11-13)19(20,21)22;1-26-16-7-5-6-15(13-16)20-19(23)14-8-9-17(18(12-14)22(24)25)21-10-3-2-4-11-21/h4-8,11-12H,2-3,9-10H2,1H3,(H,23,25);5-9,12-13H,2-4,10-11H2,1H3,(H,20,23). The molecule has 14 heteroatoms. The molecule has 0 aliphatic carbocycles. The van der Waals surface area contributed by atoms with Gasteiger partial charge in [-0.25, -0.2) is 0 Å². The highest BCUT2D eigenvalue weighted by Gasteiger charge is 2.36. The first-order valence-corrected chi connectivity index (χ1v) is 16.9. The fourth-order valence-electron chi connectivity index (χ4n) is 6.16. The molecule has 274 valence electrons. The number of carbonyl (C=O) groups is 2. The normalized spacial score (nSPS) is 14.2. The number of nitro groups is 1. The molecule has 2 fully saturated rings. The van der Waals surface area contributed by atoms with Crippen LogP contribution in [0.4, 0.5) is 41.6 Å². The Morgan fingerprint density at radius 3 is 1.62 bits per heavy atom. The molecular formula is C38H40F3N5O6. The maximum absolute atomic E-state index is 13.5. The van der Waals surface area contributed by atoms with Crippen LogP contribution in [0.25, 0.3) is 0 Å². The third-order valence-electron chi connectivity index (χ3n) is 8.80. The summed E-state index contributed by atoms with van der Waals surface area (Å²) in [4.78, 5) is 39.7. The number of nitrogens with one attached hydrogen (secondary N) is 2. The highest BCUT2D eigenvalue weighted by molar-refractivity contribution is 6.05. The SMILES string of the molecule is COc1cccc(NC(=O)c2ccc(N3CCCC3)c(C(F)(F)F)c2)c1.COc1cccc(NC(=O)c2ccc(N3CCCCC3)c([N+](=O)[O-])c2)c1. The first-order chi connectivity index (χ1) is 25.0. The molecule has 52 heavy (non-hydrogen) atoms. The lowest BCUT2D eigenvalue weighted by molar-refractivity contribution is -0.384. The van der Waals surface area contributed by atoms with Crippen molar-refractivity contribution < 1.29 is 37.2 Å². The Morgan fingerprint density at radius 2 is 1.13 bits per heavy atom. The monoisotopic (exact) mass is 719 g/mol. The van der Waals surface area contributed by atoms with Crippen LogP contribution in [-0.4, -0.2) is 57.1 Å². The Bertz CT molecular complexity index is 1890. The van der Waals surface area contributed by atoms with Crippen molar-refractivity contribution in [3.8, 4) is 11.5 Å². The number of rotatable bonds is 9. The third kappa shape index (κ3) is 9.50. The van der Waals surface area contributed by atoms with Gasteiger partial charge < -0.3 is 29.9 Å². The molecule has 0 spiro atoms. The number of amides is 2. The number of ether oxygens (including phenoxy) is 2. The number of benzene rings is 4. The summed E-state index contributed by atoms with van der Waals surface area (Å²) in [6.07, 6.45) is 0.407. The summed E-state index contributed by atoms with van der Waals surface area (Å²) >= 11 is 0. The second kappa shape index (κ2) is 16.9. The molecule has 4 aromatic rings. The van der Waals surface area contributed by atoms with Crippen molar-refractivity contribution in [2.45, 2.75) is 38.3 Å². The van der Waals surface area contributed by atoms with E-state index in [0.717, 1.165) is 51.3 Å². The summed E-state index contributed by atoms with van der Waals surface area (Å²) in [5.74, 6) is 0.167. The number of nitro benzene ring substituents is 1. The van der Waals surface area contributed by atoms with Crippen LogP contribution in [0.2, 0.25) is 0 Å². The van der Waals surface area contributed by atoms with E-state index in [9.17, 15) is 32.9 Å². The van der Waals surface area contributed by atoms with E-state index in [0.29, 0.717) is 41.7 Å². The minimum Gasteiger partial charge on any atom is -0.497 e. The van der Waals surface area contributed by atoms with Crippen LogP contribution < -0.4 is 29.9 Å². The van der Waals surface area contributed by atoms with Gasteiger partial charge in [0.25, 0.3) is 17.5 Å². The topological polar surface area (TPSA) is 126 Å². The second-order valence-electron chi connectivity index (χ2n) is 12.3. The minimum atomic E-state index is -4.52. The van der Waals surface area contributed by atoms with E-state index in [1.54, 1.807) is 72.7 Å². The maximum Gasteiger partial charge on any atom is 0.418 e. The van der Waals surface area contributed by atoms with Crippen molar-refractivity contribution >= 4 is 40.3 Å². The number of halogens is 3. The van der Waals surface area contributed by atoms with Gasteiger partial charge in [-0.05, 0) is 86.7 Å². The van der Waals surface area contributed by atoms with Gasteiger partial charge in [0.1, 0.15) is 17.2 Å². The molecule has 2 heterocycles. The van der Waals surface area contributed by atoms with Gasteiger partial charge in [-0.3, -0.25) is 19.7 Å². The van der Waals surface area contributed by atoms with Crippen molar-refractivity contribution in [2.75, 3.05) is 60.8 Å². The van der Waals surface area contributed by atoms with Crippen LogP contribution in [0, 0.1) is 10.1 Å². The van der Waals surface area contributed by atoms with Gasteiger partial charge in [-0.2, -0.15) is 13.2 Å². The average Bonchev–Trinajstić information content (AvgIpc) is 3.70. The highest BCUT2D eigenvalue weighted by Crippen LogP contribution is 2.38. The maximum atomic E-state index is 13.5. The molecule has 2 aliphatic heterocycles. The molecule has 2 saturated heterocycles. The Hall–Kier alpha value is -5.79. The molecule has 2 amide bonds. The molecule has 0 radical (unpaired) electrons. The summed E-state index contributed by atoms with van der Waals surface area (Å²) in [6.45, 7) is 2.79. The number of alkyl halides is 3. The lowest BCUT2D eigenvalue weighted by Gasteiger charge is -2.28. The van der Waals surface area contributed by atoms with Crippen molar-refractivity contribution in [2.24, 2.45) is 0 Å². The summed E-state index contributed by atoms with van der Waals surface area (Å²) in [7, 11) is 3.04. The van der Waals surface area contributed by atoms with Gasteiger partial charge in [-0.15, -0.1) is 0 Å². The van der Waals surface area contributed by atoms with Crippen molar-refractivity contribution in [1.29, 1.82) is 0 Å². The van der Waals surface area contributed by atoms with Crippen molar-refractivity contribution in [1.82, 2.24) is 0 Å². The zero-order valence-corrected chi connectivity index (χ0v) is 28.9. The van der Waals surface area contributed by atoms with E-state index >= 15 is 0 Å². The molecular weight excluding hydrogens is 679 g/mol. The van der Waals surface area contributed by atoms with Gasteiger partial charge in [-0.1, -0.05) is 12.1 Å². The van der Waals surface area contributed by atoms with Crippen LogP contribution >= 0.6 is 0 Å². The molecule has 0 aromatic heterocycles. The average molecular weight is 720 g/mol. The highest BCUT2D eigenvalue weighted by atomic mass is 19.4. The van der Waals surface area contributed by atoms with Gasteiger partial charge in [0.05, 0.1) is 24.7 Å². The number of nitrogens with zero attached hydrogens (tertiary/aromatic N) is 3. The number of hydrogen-bond acceptors (Lipinski definition) is 8. The first-order valence-electron chi connectivity index (χ1n) is 16.9. The van der Waals surface area contributed by atoms with E-state index in [2.05, 4.69) is 10.6 Å². The summed E-state index contributed by atoms with van der Waals surface area (Å²) in [6, 6.07) is 22.0. The summed E-state index contributed by atoms with van der Waals surface area (Å²) in [5, 5.41) is 16.9. The van der Waals surface area contributed by atoms with Crippen LogP contribution in [0.1, 0.15) is 58.4 Å². The molecule has 0 atom stereocenters. The Kier molecular flexibility index (Phi) is 12.2. The van der Waals surface area contributed by atoms with E-state index in [4.69, 9.17) is 9.47 Å². The number of carbonyl (C=O) groups excluding carboxylic acids is 2. The van der Waals surface area contributed by atoms with Crippen molar-refractivity contribution in [3.63, 3.8) is 0 Å². The number of hydrogen-bond donors (Lipinski definition) is 2. The van der Waals surface area contributed by atoms with Crippen LogP contribution in [-0.2, 0) is 6.18 Å². The van der Waals surface area contributed by atoms with Crippen LogP contribution in [0.3, 0.4) is 0 Å². The van der Waals surface area contributed by atoms with E-state index in [1.807, 2.05) is 4.90 Å². The smallest absolute Gasteiger partial charge is 0.418 e. The largest absolute Gasteiger partial charge is 0.497 e. The van der Waals surface area contributed by atoms with Gasteiger partial charge >= 0.3 is 6.18 Å². The zero-order valence-electron chi connectivity index (χ0n) is 28.9. The lowest BCUT2D eigenvalue weighted by Crippen LogP contribution is -2.30. The van der Waals surface area contributed by atoms with E-state index in [1.165, 1.54) is 25.3 Å². The Labute approximate surface area is 299 Å². The summed E-state index contributed by atoms with van der Waals surface area (Å²) in [5.41, 5.74) is 1.12. The Morgan fingerprint density at radius 1 is 0.673 bits per heavy atom. The zero-order chi connectivity index (χ0) is 37.3. The molecule has 11 nitrogen and oxygen atoms in total. The van der Waals surface area contributed by atoms with Crippen LogP contribution in [0.15, 0.2) is 84.9 Å². The van der Waals surface area contributed by atoms with Gasteiger partial charge in [0.15, 0.2) is 0 Å². The molecule has 0 bridgehead atoms. The van der Waals surface area contributed by atoms with E-state index in [-0.39, 0.29) is 22.5 Å². The number of methoxy groups -OCH3 is 2. The predicted molar refractivity (Wildman–Crippen MR) is 194 cm³/mol. The Balaban J connectivity index is 0.000000201. The molecule has 2 aliphatic rings. The van der Waals surface area contributed by atoms with Crippen LogP contribution in [0.5, 0.6) is 11.5 Å². The van der Waals surface area contributed by atoms with Crippen molar-refractivity contribution in [3.05, 3.63) is 112 Å². The summed E-state index contributed by atoms with van der Waals surface area (Å²) < 4.78 is 50.7. The minimum absolute atomic E-state index is 0.0369. The molecule has 0 unspecified atom stereocenters. The lowest BCUT2D eigenvalue weighted by atomic mass is 10.1. The number of anilines is 4. The predicted octanol–water partition coefficient (Wildman–Crippen LogP) is 8.41. The molecule has 4 aromatic carbocycles. The van der Waals surface area contributed by atoms with Gasteiger partial charge in [0.2, 0.25) is 0 Å². The fraction of sp³-hybridized carbons (Fsp3) is 0.316. The van der Waals surface area contributed by atoms with E-state index < -0.39 is 28.5 Å². The molecule has 2 N–H and O–H groups in total.